The zero-order chi connectivity index (χ0) is 23.1. The highest BCUT2D eigenvalue weighted by molar-refractivity contribution is 5.97. The Morgan fingerprint density at radius 2 is 2.06 bits per heavy atom. The molecule has 172 valence electrons. The lowest BCUT2D eigenvalue weighted by Crippen LogP contribution is -2.48. The first-order chi connectivity index (χ1) is 15.2. The minimum Gasteiger partial charge on any atom is -0.495 e. The number of hydrogen-bond donors (Lipinski definition) is 2. The number of aromatic nitrogens is 1. The molecular weight excluding hydrogens is 429 g/mol. The summed E-state index contributed by atoms with van der Waals surface area (Å²) in [5, 5.41) is 12.8. The maximum absolute atomic E-state index is 13.6. The first-order valence-electron chi connectivity index (χ1n) is 10.1. The molecule has 1 amide bonds. The van der Waals surface area contributed by atoms with E-state index in [2.05, 4.69) is 10.3 Å². The molecule has 32 heavy (non-hydrogen) atoms. The van der Waals surface area contributed by atoms with Crippen LogP contribution in [0.2, 0.25) is 0 Å². The molecule has 2 saturated heterocycles. The quantitative estimate of drug-likeness (QED) is 0.700. The minimum absolute atomic E-state index is 0.0812. The highest BCUT2D eigenvalue weighted by Gasteiger charge is 2.60. The average Bonchev–Trinajstić information content (AvgIpc) is 3.30. The number of nitrogens with zero attached hydrogens (tertiary/aromatic N) is 1. The second-order valence-corrected chi connectivity index (χ2v) is 8.08. The van der Waals surface area contributed by atoms with E-state index in [1.165, 1.54) is 20.3 Å². The summed E-state index contributed by atoms with van der Waals surface area (Å²) < 4.78 is 55.8. The summed E-state index contributed by atoms with van der Waals surface area (Å²) in [6.45, 7) is 0. The number of anilines is 1. The first kappa shape index (κ1) is 22.3. The van der Waals surface area contributed by atoms with Crippen LogP contribution in [0, 0.1) is 5.41 Å². The molecule has 0 spiro atoms. The van der Waals surface area contributed by atoms with Crippen LogP contribution < -0.4 is 14.8 Å². The number of rotatable bonds is 6. The van der Waals surface area contributed by atoms with E-state index in [-0.39, 0.29) is 30.7 Å². The number of hydrogen-bond acceptors (Lipinski definition) is 6. The number of halogens is 3. The fourth-order valence-corrected chi connectivity index (χ4v) is 4.53. The minimum atomic E-state index is -4.57. The zero-order valence-corrected chi connectivity index (χ0v) is 17.5. The van der Waals surface area contributed by atoms with E-state index in [4.69, 9.17) is 14.2 Å². The van der Waals surface area contributed by atoms with Gasteiger partial charge in [-0.15, -0.1) is 0 Å². The van der Waals surface area contributed by atoms with Gasteiger partial charge in [-0.3, -0.25) is 4.79 Å². The van der Waals surface area contributed by atoms with Crippen molar-refractivity contribution in [3.05, 3.63) is 47.7 Å². The Hall–Kier alpha value is -2.85. The summed E-state index contributed by atoms with van der Waals surface area (Å²) in [4.78, 5) is 17.6. The highest BCUT2D eigenvalue weighted by atomic mass is 19.4. The van der Waals surface area contributed by atoms with Crippen molar-refractivity contribution in [2.75, 3.05) is 19.5 Å². The summed E-state index contributed by atoms with van der Waals surface area (Å²) in [6.07, 6.45) is -4.06. The van der Waals surface area contributed by atoms with Gasteiger partial charge in [0.15, 0.2) is 0 Å². The van der Waals surface area contributed by atoms with E-state index in [0.29, 0.717) is 5.88 Å². The summed E-state index contributed by atoms with van der Waals surface area (Å²) >= 11 is 0. The molecule has 7 nitrogen and oxygen atoms in total. The third-order valence-electron chi connectivity index (χ3n) is 6.16. The van der Waals surface area contributed by atoms with E-state index in [1.807, 2.05) is 0 Å². The smallest absolute Gasteiger partial charge is 0.416 e. The fourth-order valence-electron chi connectivity index (χ4n) is 4.53. The number of ether oxygens (including phenoxy) is 3. The largest absolute Gasteiger partial charge is 0.495 e. The van der Waals surface area contributed by atoms with Crippen molar-refractivity contribution >= 4 is 11.6 Å². The van der Waals surface area contributed by atoms with Gasteiger partial charge in [0.25, 0.3) is 0 Å². The molecule has 4 rings (SSSR count). The second-order valence-electron chi connectivity index (χ2n) is 8.08. The SMILES string of the molecule is COc1cc(C[C@]2(C(=O)Nc3cc(C(F)(F)F)ccc3OC)C[C@H]3O[C@@H]2C[C@@H]3O)ccn1. The van der Waals surface area contributed by atoms with Crippen molar-refractivity contribution in [3.8, 4) is 11.6 Å². The molecule has 2 bridgehead atoms. The van der Waals surface area contributed by atoms with Crippen LogP contribution in [0.15, 0.2) is 36.5 Å². The van der Waals surface area contributed by atoms with Gasteiger partial charge in [-0.05, 0) is 42.7 Å². The van der Waals surface area contributed by atoms with E-state index >= 15 is 0 Å². The number of aliphatic hydroxyl groups excluding tert-OH is 1. The monoisotopic (exact) mass is 452 g/mol. The molecule has 2 aliphatic rings. The van der Waals surface area contributed by atoms with Crippen molar-refractivity contribution < 1.29 is 37.3 Å². The van der Waals surface area contributed by atoms with Crippen LogP contribution in [0.3, 0.4) is 0 Å². The van der Waals surface area contributed by atoms with Crippen LogP contribution in [0.1, 0.15) is 24.0 Å². The molecule has 2 aromatic rings. The molecule has 2 fully saturated rings. The average molecular weight is 452 g/mol. The Labute approximate surface area is 182 Å². The normalized spacial score (nSPS) is 26.8. The standard InChI is InChI=1S/C22H23F3N2O5/c1-30-16-4-3-13(22(23,24)25)8-14(16)27-20(29)21(11-17-15(28)9-18(21)32-17)10-12-5-6-26-19(7-12)31-2/h3-8,15,17-18,28H,9-11H2,1-2H3,(H,27,29)/t15-,17+,18+,21-/m0/s1. The van der Waals surface area contributed by atoms with Gasteiger partial charge in [0, 0.05) is 18.7 Å². The maximum atomic E-state index is 13.6. The molecule has 2 N–H and O–H groups in total. The Morgan fingerprint density at radius 1 is 1.28 bits per heavy atom. The lowest BCUT2D eigenvalue weighted by Gasteiger charge is -2.35. The number of aliphatic hydroxyl groups is 1. The number of benzene rings is 1. The molecule has 0 aliphatic carbocycles. The molecule has 1 aromatic carbocycles. The molecule has 4 atom stereocenters. The zero-order valence-electron chi connectivity index (χ0n) is 17.5. The van der Waals surface area contributed by atoms with Gasteiger partial charge in [-0.25, -0.2) is 4.98 Å². The Balaban J connectivity index is 1.68. The van der Waals surface area contributed by atoms with Crippen LogP contribution in [-0.2, 0) is 22.1 Å². The number of alkyl halides is 3. The van der Waals surface area contributed by atoms with E-state index in [9.17, 15) is 23.1 Å². The molecule has 0 saturated carbocycles. The fraction of sp³-hybridized carbons (Fsp3) is 0.455. The molecule has 0 unspecified atom stereocenters. The van der Waals surface area contributed by atoms with Crippen LogP contribution in [0.25, 0.3) is 0 Å². The summed E-state index contributed by atoms with van der Waals surface area (Å²) in [5.74, 6) is -0.0109. The van der Waals surface area contributed by atoms with Gasteiger partial charge in [-0.2, -0.15) is 13.2 Å². The topological polar surface area (TPSA) is 89.9 Å². The lowest BCUT2D eigenvalue weighted by atomic mass is 9.68. The maximum Gasteiger partial charge on any atom is 0.416 e. The summed E-state index contributed by atoms with van der Waals surface area (Å²) in [5.41, 5.74) is -1.31. The van der Waals surface area contributed by atoms with Crippen LogP contribution >= 0.6 is 0 Å². The third-order valence-corrected chi connectivity index (χ3v) is 6.16. The Bertz CT molecular complexity index is 1010. The van der Waals surface area contributed by atoms with Crippen molar-refractivity contribution in [1.82, 2.24) is 4.98 Å². The number of carbonyl (C=O) groups is 1. The van der Waals surface area contributed by atoms with Crippen LogP contribution in [-0.4, -0.2) is 48.5 Å². The lowest BCUT2D eigenvalue weighted by molar-refractivity contribution is -0.137. The predicted molar refractivity (Wildman–Crippen MR) is 107 cm³/mol. The number of fused-ring (bicyclic) bond motifs is 2. The number of carbonyl (C=O) groups excluding carboxylic acids is 1. The number of pyridine rings is 1. The molecule has 3 heterocycles. The molecule has 2 aliphatic heterocycles. The van der Waals surface area contributed by atoms with Gasteiger partial charge >= 0.3 is 6.18 Å². The van der Waals surface area contributed by atoms with Gasteiger partial charge in [-0.1, -0.05) is 0 Å². The summed E-state index contributed by atoms with van der Waals surface area (Å²) in [7, 11) is 2.79. The molecular formula is C22H23F3N2O5. The third kappa shape index (κ3) is 4.00. The van der Waals surface area contributed by atoms with E-state index in [1.54, 1.807) is 18.3 Å². The van der Waals surface area contributed by atoms with Crippen LogP contribution in [0.4, 0.5) is 18.9 Å². The summed E-state index contributed by atoms with van der Waals surface area (Å²) in [6, 6.07) is 6.35. The second kappa shape index (κ2) is 8.25. The number of methoxy groups -OCH3 is 2. The van der Waals surface area contributed by atoms with E-state index < -0.39 is 41.4 Å². The highest BCUT2D eigenvalue weighted by Crippen LogP contribution is 2.51. The predicted octanol–water partition coefficient (Wildman–Crippen LogP) is 3.21. The Morgan fingerprint density at radius 3 is 2.66 bits per heavy atom. The van der Waals surface area contributed by atoms with Gasteiger partial charge in [0.2, 0.25) is 11.8 Å². The number of nitrogens with one attached hydrogen (secondary N) is 1. The molecule has 0 radical (unpaired) electrons. The van der Waals surface area contributed by atoms with Gasteiger partial charge < -0.3 is 24.6 Å². The van der Waals surface area contributed by atoms with E-state index in [0.717, 1.165) is 17.7 Å². The van der Waals surface area contributed by atoms with Crippen molar-refractivity contribution in [1.29, 1.82) is 0 Å². The Kier molecular flexibility index (Phi) is 5.76. The van der Waals surface area contributed by atoms with Crippen molar-refractivity contribution in [3.63, 3.8) is 0 Å². The van der Waals surface area contributed by atoms with Crippen molar-refractivity contribution in [2.45, 2.75) is 43.8 Å². The molecule has 1 aromatic heterocycles. The first-order valence-corrected chi connectivity index (χ1v) is 10.1. The number of amides is 1. The van der Waals surface area contributed by atoms with Crippen molar-refractivity contribution in [2.24, 2.45) is 5.41 Å². The van der Waals surface area contributed by atoms with Gasteiger partial charge in [0.1, 0.15) is 5.75 Å². The molecule has 10 heteroatoms. The van der Waals surface area contributed by atoms with Gasteiger partial charge in [0.05, 0.1) is 49.2 Å². The van der Waals surface area contributed by atoms with Crippen LogP contribution in [0.5, 0.6) is 11.6 Å².